The largest absolute Gasteiger partial charge is 0.461 e. The van der Waals surface area contributed by atoms with Crippen molar-refractivity contribution in [3.63, 3.8) is 0 Å². The molecule has 1 N–H and O–H groups in total. The first-order valence-electron chi connectivity index (χ1n) is 10.2. The van der Waals surface area contributed by atoms with E-state index in [9.17, 15) is 4.79 Å². The van der Waals surface area contributed by atoms with Crippen molar-refractivity contribution in [2.45, 2.75) is 45.8 Å². The third kappa shape index (κ3) is 2.93. The van der Waals surface area contributed by atoms with Crippen LogP contribution in [0.5, 0.6) is 11.5 Å². The van der Waals surface area contributed by atoms with Gasteiger partial charge >= 0.3 is 5.97 Å². The number of nitrogens with one attached hydrogen (secondary N) is 1. The van der Waals surface area contributed by atoms with Crippen LogP contribution in [0.4, 0.5) is 0 Å². The summed E-state index contributed by atoms with van der Waals surface area (Å²) in [5, 5.41) is 3.45. The third-order valence-electron chi connectivity index (χ3n) is 6.83. The van der Waals surface area contributed by atoms with E-state index in [1.165, 1.54) is 11.1 Å². The van der Waals surface area contributed by atoms with Crippen LogP contribution in [-0.4, -0.2) is 25.4 Å². The number of fused-ring (bicyclic) bond motifs is 3. The predicted octanol–water partition coefficient (Wildman–Crippen LogP) is 3.74. The second-order valence-corrected chi connectivity index (χ2v) is 8.75. The number of ether oxygens (including phenoxy) is 3. The molecule has 1 fully saturated rings. The Balaban J connectivity index is 1.28. The summed E-state index contributed by atoms with van der Waals surface area (Å²) in [6.07, 6.45) is 7.90. The van der Waals surface area contributed by atoms with Crippen molar-refractivity contribution in [2.75, 3.05) is 13.3 Å². The summed E-state index contributed by atoms with van der Waals surface area (Å²) in [5.74, 6) is 1.57. The summed E-state index contributed by atoms with van der Waals surface area (Å²) >= 11 is 0. The lowest BCUT2D eigenvalue weighted by molar-refractivity contribution is -0.145. The van der Waals surface area contributed by atoms with Crippen molar-refractivity contribution in [2.24, 2.45) is 17.3 Å². The molecule has 5 rings (SSSR count). The minimum absolute atomic E-state index is 0.0180. The van der Waals surface area contributed by atoms with Gasteiger partial charge in [-0.25, -0.2) is 0 Å². The molecule has 1 unspecified atom stereocenters. The van der Waals surface area contributed by atoms with Gasteiger partial charge in [0.25, 0.3) is 0 Å². The van der Waals surface area contributed by atoms with Crippen LogP contribution < -0.4 is 14.8 Å². The van der Waals surface area contributed by atoms with Gasteiger partial charge < -0.3 is 19.5 Å². The van der Waals surface area contributed by atoms with Crippen molar-refractivity contribution < 1.29 is 19.0 Å². The molecule has 0 saturated carbocycles. The normalized spacial score (nSPS) is 32.9. The monoisotopic (exact) mass is 381 g/mol. The molecule has 0 bridgehead atoms. The zero-order chi connectivity index (χ0) is 19.3. The van der Waals surface area contributed by atoms with E-state index < -0.39 is 0 Å². The smallest absolute Gasteiger partial charge is 0.311 e. The molecule has 0 radical (unpaired) electrons. The Labute approximate surface area is 165 Å². The van der Waals surface area contributed by atoms with Crippen molar-refractivity contribution >= 4 is 5.97 Å². The van der Waals surface area contributed by atoms with E-state index in [-0.39, 0.29) is 36.1 Å². The Hall–Kier alpha value is -2.27. The van der Waals surface area contributed by atoms with E-state index >= 15 is 0 Å². The zero-order valence-corrected chi connectivity index (χ0v) is 16.5. The molecule has 1 aromatic carbocycles. The lowest BCUT2D eigenvalue weighted by Gasteiger charge is -2.42. The second-order valence-electron chi connectivity index (χ2n) is 8.75. The average molecular weight is 381 g/mol. The molecule has 5 nitrogen and oxygen atoms in total. The molecule has 0 spiro atoms. The zero-order valence-electron chi connectivity index (χ0n) is 16.5. The summed E-state index contributed by atoms with van der Waals surface area (Å²) in [4.78, 5) is 12.6. The Morgan fingerprint density at radius 3 is 3.00 bits per heavy atom. The van der Waals surface area contributed by atoms with E-state index in [0.29, 0.717) is 13.1 Å². The van der Waals surface area contributed by atoms with Gasteiger partial charge in [0.05, 0.1) is 5.92 Å². The van der Waals surface area contributed by atoms with Gasteiger partial charge in [-0.1, -0.05) is 30.7 Å². The number of rotatable bonds is 4. The molecule has 2 aliphatic carbocycles. The highest BCUT2D eigenvalue weighted by Crippen LogP contribution is 2.52. The third-order valence-corrected chi connectivity index (χ3v) is 6.83. The minimum Gasteiger partial charge on any atom is -0.461 e. The Kier molecular flexibility index (Phi) is 4.23. The van der Waals surface area contributed by atoms with Crippen LogP contribution in [-0.2, 0) is 16.1 Å². The summed E-state index contributed by atoms with van der Waals surface area (Å²) in [6, 6.07) is 5.96. The van der Waals surface area contributed by atoms with Gasteiger partial charge in [-0.15, -0.1) is 0 Å². The van der Waals surface area contributed by atoms with Crippen LogP contribution in [0.2, 0.25) is 0 Å². The Morgan fingerprint density at radius 1 is 1.25 bits per heavy atom. The van der Waals surface area contributed by atoms with Crippen molar-refractivity contribution in [3.05, 3.63) is 47.1 Å². The lowest BCUT2D eigenvalue weighted by atomic mass is 9.62. The average Bonchev–Trinajstić information content (AvgIpc) is 3.24. The maximum Gasteiger partial charge on any atom is 0.311 e. The summed E-state index contributed by atoms with van der Waals surface area (Å²) in [6.45, 7) is 6.12. The number of benzene rings is 1. The molecule has 0 amide bonds. The van der Waals surface area contributed by atoms with Gasteiger partial charge in [-0.2, -0.15) is 0 Å². The van der Waals surface area contributed by atoms with Gasteiger partial charge in [0.1, 0.15) is 6.10 Å². The highest BCUT2D eigenvalue weighted by molar-refractivity contribution is 5.76. The highest BCUT2D eigenvalue weighted by atomic mass is 16.7. The molecule has 0 aromatic heterocycles. The highest BCUT2D eigenvalue weighted by Gasteiger charge is 2.50. The van der Waals surface area contributed by atoms with Crippen molar-refractivity contribution in [1.82, 2.24) is 5.32 Å². The predicted molar refractivity (Wildman–Crippen MR) is 105 cm³/mol. The van der Waals surface area contributed by atoms with Crippen LogP contribution in [0.1, 0.15) is 38.7 Å². The van der Waals surface area contributed by atoms with Crippen molar-refractivity contribution in [1.29, 1.82) is 0 Å². The van der Waals surface area contributed by atoms with Gasteiger partial charge in [0.15, 0.2) is 11.5 Å². The standard InChI is InChI=1S/C23H27NO4/c1-14-4-3-7-23(2)10-21-16(9-18(14)23)17(22(25)28-21)12-24-11-15-5-6-19-20(8-15)27-13-26-19/h4-6,8-9,16-17,21,24H,3,7,10-13H2,1-2H3/t16-,17?,21-,23-/m1/s1. The molecule has 1 aromatic rings. The van der Waals surface area contributed by atoms with Gasteiger partial charge in [0.2, 0.25) is 6.79 Å². The topological polar surface area (TPSA) is 56.8 Å². The van der Waals surface area contributed by atoms with Gasteiger partial charge in [0, 0.05) is 19.0 Å². The molecule has 148 valence electrons. The first-order valence-corrected chi connectivity index (χ1v) is 10.2. The molecule has 4 aliphatic rings. The van der Waals surface area contributed by atoms with Crippen molar-refractivity contribution in [3.8, 4) is 11.5 Å². The van der Waals surface area contributed by atoms with Crippen LogP contribution in [0.25, 0.3) is 0 Å². The molecule has 28 heavy (non-hydrogen) atoms. The fourth-order valence-electron chi connectivity index (χ4n) is 5.28. The van der Waals surface area contributed by atoms with Gasteiger partial charge in [-0.3, -0.25) is 4.79 Å². The maximum atomic E-state index is 12.6. The molecule has 2 heterocycles. The molecular weight excluding hydrogens is 354 g/mol. The summed E-state index contributed by atoms with van der Waals surface area (Å²) < 4.78 is 16.6. The number of hydrogen-bond acceptors (Lipinski definition) is 5. The van der Waals surface area contributed by atoms with Crippen LogP contribution in [0, 0.1) is 17.3 Å². The molecule has 5 heteroatoms. The SMILES string of the molecule is CC1=CCC[C@]2(C)C[C@H]3OC(=O)C(CNCc4ccc5c(c4)OCO5)[C@H]3C=C12. The molecule has 2 aliphatic heterocycles. The fourth-order valence-corrected chi connectivity index (χ4v) is 5.28. The quantitative estimate of drug-likeness (QED) is 0.805. The van der Waals surface area contributed by atoms with E-state index in [1.807, 2.05) is 18.2 Å². The van der Waals surface area contributed by atoms with E-state index in [4.69, 9.17) is 14.2 Å². The Bertz CT molecular complexity index is 873. The summed E-state index contributed by atoms with van der Waals surface area (Å²) in [5.41, 5.74) is 4.07. The Morgan fingerprint density at radius 2 is 2.11 bits per heavy atom. The first kappa shape index (κ1) is 17.8. The number of allylic oxidation sites excluding steroid dienone is 3. The van der Waals surface area contributed by atoms with E-state index in [2.05, 4.69) is 31.3 Å². The van der Waals surface area contributed by atoms with Gasteiger partial charge in [-0.05, 0) is 54.9 Å². The fraction of sp³-hybridized carbons (Fsp3) is 0.522. The first-order chi connectivity index (χ1) is 13.5. The maximum absolute atomic E-state index is 12.6. The lowest BCUT2D eigenvalue weighted by Crippen LogP contribution is -2.38. The van der Waals surface area contributed by atoms with Crippen LogP contribution in [0.3, 0.4) is 0 Å². The molecule has 4 atom stereocenters. The number of esters is 1. The molecular formula is C23H27NO4. The molecule has 1 saturated heterocycles. The number of carbonyl (C=O) groups excluding carboxylic acids is 1. The van der Waals surface area contributed by atoms with Crippen LogP contribution in [0.15, 0.2) is 41.5 Å². The van der Waals surface area contributed by atoms with E-state index in [0.717, 1.165) is 36.3 Å². The summed E-state index contributed by atoms with van der Waals surface area (Å²) in [7, 11) is 0. The number of carbonyl (C=O) groups is 1. The van der Waals surface area contributed by atoms with E-state index in [1.54, 1.807) is 0 Å². The number of hydrogen-bond donors (Lipinski definition) is 1. The van der Waals surface area contributed by atoms with Crippen LogP contribution >= 0.6 is 0 Å². The second kappa shape index (κ2) is 6.66. The minimum atomic E-state index is -0.120.